The molecule has 4 amide bonds. The molecule has 2 fully saturated rings. The number of benzene rings is 1. The van der Waals surface area contributed by atoms with Gasteiger partial charge in [-0.3, -0.25) is 19.2 Å². The van der Waals surface area contributed by atoms with Gasteiger partial charge in [0.05, 0.1) is 12.0 Å². The quantitative estimate of drug-likeness (QED) is 0.624. The van der Waals surface area contributed by atoms with E-state index in [1.807, 2.05) is 6.07 Å². The summed E-state index contributed by atoms with van der Waals surface area (Å²) in [5, 5.41) is 5.78. The summed E-state index contributed by atoms with van der Waals surface area (Å²) in [6.45, 7) is 1.16. The van der Waals surface area contributed by atoms with Gasteiger partial charge in [0.25, 0.3) is 17.7 Å². The Labute approximate surface area is 190 Å². The molecule has 170 valence electrons. The van der Waals surface area contributed by atoms with Crippen molar-refractivity contribution in [1.82, 2.24) is 20.5 Å². The maximum atomic E-state index is 13.2. The third-order valence-corrected chi connectivity index (χ3v) is 6.93. The number of rotatable bonds is 5. The van der Waals surface area contributed by atoms with Gasteiger partial charge in [-0.15, -0.1) is 0 Å². The molecule has 2 aromatic rings. The van der Waals surface area contributed by atoms with E-state index in [4.69, 9.17) is 5.73 Å². The maximum Gasteiger partial charge on any atom is 0.272 e. The van der Waals surface area contributed by atoms with Gasteiger partial charge in [-0.05, 0) is 48.4 Å². The average molecular weight is 447 g/mol. The van der Waals surface area contributed by atoms with Crippen LogP contribution in [0.15, 0.2) is 42.5 Å². The molecule has 2 atom stereocenters. The number of carbonyl (C=O) groups is 4. The number of nitrogens with two attached hydrogens (primary N) is 1. The van der Waals surface area contributed by atoms with Crippen LogP contribution >= 0.6 is 0 Å². The SMILES string of the molecule is NC(=O)c1cccc(C(=O)N2CC3(CC3)CC2CNC(=O)C2CNC(=O)c3ccccc32)n1. The van der Waals surface area contributed by atoms with Crippen LogP contribution in [0.1, 0.15) is 62.1 Å². The van der Waals surface area contributed by atoms with Gasteiger partial charge in [-0.2, -0.15) is 0 Å². The number of amides is 4. The maximum absolute atomic E-state index is 13.2. The minimum absolute atomic E-state index is 0.0454. The summed E-state index contributed by atoms with van der Waals surface area (Å²) in [4.78, 5) is 55.7. The van der Waals surface area contributed by atoms with Crippen molar-refractivity contribution < 1.29 is 19.2 Å². The fraction of sp³-hybridized carbons (Fsp3) is 0.375. The normalized spacial score (nSPS) is 22.4. The van der Waals surface area contributed by atoms with Crippen LogP contribution in [0.2, 0.25) is 0 Å². The van der Waals surface area contributed by atoms with Crippen molar-refractivity contribution in [2.75, 3.05) is 19.6 Å². The molecule has 0 bridgehead atoms. The molecule has 1 saturated heterocycles. The van der Waals surface area contributed by atoms with Crippen LogP contribution < -0.4 is 16.4 Å². The van der Waals surface area contributed by atoms with Crippen LogP contribution in [0.4, 0.5) is 0 Å². The molecule has 1 spiro atoms. The zero-order valence-electron chi connectivity index (χ0n) is 18.0. The number of nitrogens with one attached hydrogen (secondary N) is 2. The summed E-state index contributed by atoms with van der Waals surface area (Å²) in [5.74, 6) is -1.79. The molecule has 0 radical (unpaired) electrons. The summed E-state index contributed by atoms with van der Waals surface area (Å²) >= 11 is 0. The lowest BCUT2D eigenvalue weighted by atomic mass is 9.89. The van der Waals surface area contributed by atoms with E-state index in [1.165, 1.54) is 6.07 Å². The van der Waals surface area contributed by atoms with Crippen LogP contribution in [-0.2, 0) is 4.79 Å². The number of primary amides is 1. The topological polar surface area (TPSA) is 134 Å². The molecular formula is C24H25N5O4. The van der Waals surface area contributed by atoms with Crippen LogP contribution in [0.5, 0.6) is 0 Å². The standard InChI is InChI=1S/C24H25N5O4/c25-20(30)18-6-3-7-19(28-18)23(33)29-13-24(8-9-24)10-14(29)11-26-22(32)17-12-27-21(31)16-5-2-1-4-15(16)17/h1-7,14,17H,8-13H2,(H2,25,30)(H,26,32)(H,27,31). The number of hydrogen-bond acceptors (Lipinski definition) is 5. The van der Waals surface area contributed by atoms with Crippen molar-refractivity contribution in [3.8, 4) is 0 Å². The average Bonchev–Trinajstić information content (AvgIpc) is 3.48. The first-order valence-corrected chi connectivity index (χ1v) is 11.1. The second-order valence-electron chi connectivity index (χ2n) is 9.16. The lowest BCUT2D eigenvalue weighted by Gasteiger charge is -2.28. The van der Waals surface area contributed by atoms with Crippen molar-refractivity contribution in [3.63, 3.8) is 0 Å². The zero-order chi connectivity index (χ0) is 23.2. The number of fused-ring (bicyclic) bond motifs is 1. The Balaban J connectivity index is 1.30. The van der Waals surface area contributed by atoms with Gasteiger partial charge in [0.1, 0.15) is 11.4 Å². The van der Waals surface area contributed by atoms with E-state index in [2.05, 4.69) is 15.6 Å². The third kappa shape index (κ3) is 3.94. The van der Waals surface area contributed by atoms with E-state index >= 15 is 0 Å². The second kappa shape index (κ2) is 7.99. The number of likely N-dealkylation sites (tertiary alicyclic amines) is 1. The van der Waals surface area contributed by atoms with Gasteiger partial charge in [0.15, 0.2) is 0 Å². The smallest absolute Gasteiger partial charge is 0.272 e. The van der Waals surface area contributed by atoms with Crippen LogP contribution in [0, 0.1) is 5.41 Å². The van der Waals surface area contributed by atoms with Crippen molar-refractivity contribution in [3.05, 3.63) is 65.0 Å². The van der Waals surface area contributed by atoms with E-state index in [0.29, 0.717) is 24.2 Å². The molecule has 2 aliphatic heterocycles. The lowest BCUT2D eigenvalue weighted by Crippen LogP contribution is -2.47. The fourth-order valence-corrected chi connectivity index (χ4v) is 4.95. The number of aromatic nitrogens is 1. The third-order valence-electron chi connectivity index (χ3n) is 6.93. The van der Waals surface area contributed by atoms with Gasteiger partial charge in [-0.25, -0.2) is 4.98 Å². The van der Waals surface area contributed by atoms with E-state index in [9.17, 15) is 19.2 Å². The summed E-state index contributed by atoms with van der Waals surface area (Å²) in [6.07, 6.45) is 2.92. The fourth-order valence-electron chi connectivity index (χ4n) is 4.95. The molecule has 9 nitrogen and oxygen atoms in total. The lowest BCUT2D eigenvalue weighted by molar-refractivity contribution is -0.122. The number of pyridine rings is 1. The summed E-state index contributed by atoms with van der Waals surface area (Å²) in [5.41, 5.74) is 6.86. The van der Waals surface area contributed by atoms with Gasteiger partial charge in [0, 0.05) is 25.2 Å². The van der Waals surface area contributed by atoms with E-state index in [1.54, 1.807) is 35.2 Å². The van der Waals surface area contributed by atoms with Crippen LogP contribution in [-0.4, -0.2) is 59.2 Å². The molecule has 1 aliphatic carbocycles. The molecule has 5 rings (SSSR count). The van der Waals surface area contributed by atoms with Gasteiger partial charge in [-0.1, -0.05) is 24.3 Å². The highest BCUT2D eigenvalue weighted by atomic mass is 16.2. The Morgan fingerprint density at radius 2 is 1.88 bits per heavy atom. The van der Waals surface area contributed by atoms with Gasteiger partial charge >= 0.3 is 0 Å². The Hall–Kier alpha value is -3.75. The molecule has 1 aromatic carbocycles. The Morgan fingerprint density at radius 1 is 1.12 bits per heavy atom. The monoisotopic (exact) mass is 447 g/mol. The first-order chi connectivity index (χ1) is 15.9. The van der Waals surface area contributed by atoms with Crippen molar-refractivity contribution >= 4 is 23.6 Å². The van der Waals surface area contributed by atoms with E-state index in [0.717, 1.165) is 19.3 Å². The van der Waals surface area contributed by atoms with Gasteiger partial charge in [0.2, 0.25) is 5.91 Å². The predicted molar refractivity (Wildman–Crippen MR) is 118 cm³/mol. The molecule has 2 unspecified atom stereocenters. The predicted octanol–water partition coefficient (Wildman–Crippen LogP) is 0.819. The Morgan fingerprint density at radius 3 is 2.64 bits per heavy atom. The Bertz CT molecular complexity index is 1160. The largest absolute Gasteiger partial charge is 0.364 e. The molecule has 3 heterocycles. The molecule has 1 aromatic heterocycles. The highest BCUT2D eigenvalue weighted by Crippen LogP contribution is 2.54. The first kappa shape index (κ1) is 21.1. The van der Waals surface area contributed by atoms with E-state index in [-0.39, 0.29) is 47.1 Å². The minimum atomic E-state index is -0.687. The van der Waals surface area contributed by atoms with Crippen molar-refractivity contribution in [1.29, 1.82) is 0 Å². The number of nitrogens with zero attached hydrogens (tertiary/aromatic N) is 2. The highest BCUT2D eigenvalue weighted by molar-refractivity contribution is 6.00. The summed E-state index contributed by atoms with van der Waals surface area (Å²) in [7, 11) is 0. The van der Waals surface area contributed by atoms with Crippen LogP contribution in [0.25, 0.3) is 0 Å². The molecule has 4 N–H and O–H groups in total. The van der Waals surface area contributed by atoms with Crippen molar-refractivity contribution in [2.24, 2.45) is 11.1 Å². The molecule has 3 aliphatic rings. The highest BCUT2D eigenvalue weighted by Gasteiger charge is 2.53. The zero-order valence-corrected chi connectivity index (χ0v) is 18.0. The number of hydrogen-bond donors (Lipinski definition) is 3. The molecule has 33 heavy (non-hydrogen) atoms. The van der Waals surface area contributed by atoms with Gasteiger partial charge < -0.3 is 21.3 Å². The van der Waals surface area contributed by atoms with Crippen molar-refractivity contribution in [2.45, 2.75) is 31.2 Å². The molecule has 1 saturated carbocycles. The minimum Gasteiger partial charge on any atom is -0.364 e. The number of carbonyl (C=O) groups excluding carboxylic acids is 4. The van der Waals surface area contributed by atoms with Crippen LogP contribution in [0.3, 0.4) is 0 Å². The molecular weight excluding hydrogens is 422 g/mol. The summed E-state index contributed by atoms with van der Waals surface area (Å²) < 4.78 is 0. The first-order valence-electron chi connectivity index (χ1n) is 11.1. The Kier molecular flexibility index (Phi) is 5.11. The molecule has 9 heteroatoms. The van der Waals surface area contributed by atoms with E-state index < -0.39 is 11.8 Å². The second-order valence-corrected chi connectivity index (χ2v) is 9.16. The summed E-state index contributed by atoms with van der Waals surface area (Å²) in [6, 6.07) is 11.6.